The third-order valence-electron chi connectivity index (χ3n) is 4.43. The van der Waals surface area contributed by atoms with Gasteiger partial charge in [0.25, 0.3) is 0 Å². The second kappa shape index (κ2) is 5.54. The highest BCUT2D eigenvalue weighted by Gasteiger charge is 2.15. The van der Waals surface area contributed by atoms with Gasteiger partial charge in [-0.25, -0.2) is 0 Å². The minimum Gasteiger partial charge on any atom is -0.358 e. The maximum absolute atomic E-state index is 9.02. The number of nitrogens with one attached hydrogen (secondary N) is 1. The molecule has 2 aromatic rings. The first-order valence-electron chi connectivity index (χ1n) is 7.48. The van der Waals surface area contributed by atoms with Crippen molar-refractivity contribution in [2.45, 2.75) is 44.9 Å². The number of hydrogen-bond donors (Lipinski definition) is 1. The number of benzene rings is 1. The quantitative estimate of drug-likeness (QED) is 0.822. The normalized spacial score (nSPS) is 16.0. The molecule has 1 heterocycles. The van der Waals surface area contributed by atoms with Crippen molar-refractivity contribution >= 4 is 0 Å². The Morgan fingerprint density at radius 3 is 2.40 bits per heavy atom. The van der Waals surface area contributed by atoms with Crippen molar-refractivity contribution in [2.24, 2.45) is 0 Å². The molecule has 0 atom stereocenters. The first kappa shape index (κ1) is 13.0. The van der Waals surface area contributed by atoms with E-state index in [1.54, 1.807) is 0 Å². The number of aryl methyl sites for hydroxylation is 1. The van der Waals surface area contributed by atoms with Crippen molar-refractivity contribution in [3.8, 4) is 17.3 Å². The van der Waals surface area contributed by atoms with E-state index >= 15 is 0 Å². The molecule has 0 unspecified atom stereocenters. The van der Waals surface area contributed by atoms with Crippen molar-refractivity contribution in [2.75, 3.05) is 0 Å². The monoisotopic (exact) mass is 264 g/mol. The van der Waals surface area contributed by atoms with Crippen LogP contribution in [-0.2, 0) is 0 Å². The molecule has 1 aliphatic rings. The fourth-order valence-corrected chi connectivity index (χ4v) is 3.20. The van der Waals surface area contributed by atoms with Crippen molar-refractivity contribution in [1.29, 1.82) is 5.26 Å². The maximum atomic E-state index is 9.02. The van der Waals surface area contributed by atoms with E-state index in [1.165, 1.54) is 37.7 Å². The van der Waals surface area contributed by atoms with E-state index in [0.717, 1.165) is 28.4 Å². The zero-order valence-electron chi connectivity index (χ0n) is 11.9. The predicted octanol–water partition coefficient (Wildman–Crippen LogP) is 4.91. The van der Waals surface area contributed by atoms with Crippen LogP contribution in [0.5, 0.6) is 0 Å². The second-order valence-electron chi connectivity index (χ2n) is 5.79. The fourth-order valence-electron chi connectivity index (χ4n) is 3.20. The third kappa shape index (κ3) is 2.49. The summed E-state index contributed by atoms with van der Waals surface area (Å²) in [5.74, 6) is 0.748. The summed E-state index contributed by atoms with van der Waals surface area (Å²) in [5, 5.41) is 9.02. The number of aromatic nitrogens is 1. The molecule has 20 heavy (non-hydrogen) atoms. The van der Waals surface area contributed by atoms with Gasteiger partial charge in [-0.1, -0.05) is 43.5 Å². The first-order valence-corrected chi connectivity index (χ1v) is 7.48. The molecule has 0 aliphatic heterocycles. The molecule has 2 heteroatoms. The van der Waals surface area contributed by atoms with Gasteiger partial charge in [0.1, 0.15) is 6.07 Å². The Balaban J connectivity index is 1.83. The van der Waals surface area contributed by atoms with Crippen molar-refractivity contribution in [1.82, 2.24) is 4.98 Å². The van der Waals surface area contributed by atoms with Gasteiger partial charge < -0.3 is 4.98 Å². The lowest BCUT2D eigenvalue weighted by Gasteiger charge is -2.22. The van der Waals surface area contributed by atoms with Crippen LogP contribution >= 0.6 is 0 Å². The van der Waals surface area contributed by atoms with Crippen LogP contribution in [0.15, 0.2) is 30.3 Å². The van der Waals surface area contributed by atoms with Crippen LogP contribution in [-0.4, -0.2) is 4.98 Å². The molecule has 1 N–H and O–H groups in total. The summed E-state index contributed by atoms with van der Waals surface area (Å²) < 4.78 is 0. The van der Waals surface area contributed by atoms with Gasteiger partial charge in [-0.05, 0) is 42.9 Å². The molecule has 1 saturated carbocycles. The molecule has 1 fully saturated rings. The molecule has 1 aliphatic carbocycles. The first-order chi connectivity index (χ1) is 9.78. The van der Waals surface area contributed by atoms with E-state index in [1.807, 2.05) is 13.0 Å². The van der Waals surface area contributed by atoms with Crippen molar-refractivity contribution in [3.63, 3.8) is 0 Å². The summed E-state index contributed by atoms with van der Waals surface area (Å²) in [6.07, 6.45) is 6.80. The van der Waals surface area contributed by atoms with Gasteiger partial charge in [-0.2, -0.15) is 5.26 Å². The van der Waals surface area contributed by atoms with E-state index in [-0.39, 0.29) is 0 Å². The van der Waals surface area contributed by atoms with Crippen molar-refractivity contribution < 1.29 is 0 Å². The zero-order chi connectivity index (χ0) is 13.9. The molecule has 0 amide bonds. The van der Waals surface area contributed by atoms with Crippen LogP contribution in [0.2, 0.25) is 0 Å². The Hall–Kier alpha value is -2.01. The van der Waals surface area contributed by atoms with Gasteiger partial charge in [0.05, 0.1) is 5.56 Å². The van der Waals surface area contributed by atoms with Gasteiger partial charge in [0, 0.05) is 11.4 Å². The van der Waals surface area contributed by atoms with Gasteiger partial charge in [-0.15, -0.1) is 0 Å². The number of hydrogen-bond acceptors (Lipinski definition) is 1. The highest BCUT2D eigenvalue weighted by molar-refractivity contribution is 5.63. The Morgan fingerprint density at radius 1 is 1.10 bits per heavy atom. The minimum atomic E-state index is 0.733. The Bertz CT molecular complexity index is 622. The van der Waals surface area contributed by atoms with E-state index in [0.29, 0.717) is 0 Å². The van der Waals surface area contributed by atoms with E-state index in [9.17, 15) is 0 Å². The molecular weight excluding hydrogens is 244 g/mol. The topological polar surface area (TPSA) is 39.6 Å². The summed E-state index contributed by atoms with van der Waals surface area (Å²) in [4.78, 5) is 3.29. The predicted molar refractivity (Wildman–Crippen MR) is 81.5 cm³/mol. The molecule has 0 radical (unpaired) electrons. The Morgan fingerprint density at radius 2 is 1.80 bits per heavy atom. The molecule has 0 bridgehead atoms. The number of nitriles is 1. The van der Waals surface area contributed by atoms with E-state index in [4.69, 9.17) is 5.26 Å². The summed E-state index contributed by atoms with van der Waals surface area (Å²) in [6, 6.07) is 13.0. The molecule has 0 saturated heterocycles. The molecule has 3 rings (SSSR count). The molecular formula is C18H20N2. The molecule has 1 aromatic carbocycles. The average molecular weight is 264 g/mol. The van der Waals surface area contributed by atoms with Gasteiger partial charge in [0.2, 0.25) is 0 Å². The number of rotatable bonds is 2. The van der Waals surface area contributed by atoms with Crippen LogP contribution in [0.4, 0.5) is 0 Å². The standard InChI is InChI=1S/C18H20N2/c1-13-17(12-19)11-18(20-13)16-9-7-15(8-10-16)14-5-3-2-4-6-14/h7-11,14,20H,2-6H2,1H3. The summed E-state index contributed by atoms with van der Waals surface area (Å²) in [6.45, 7) is 1.94. The van der Waals surface area contributed by atoms with E-state index in [2.05, 4.69) is 35.3 Å². The smallest absolute Gasteiger partial charge is 0.101 e. The van der Waals surface area contributed by atoms with Crippen molar-refractivity contribution in [3.05, 3.63) is 47.2 Å². The Labute approximate surface area is 120 Å². The lowest BCUT2D eigenvalue weighted by Crippen LogP contribution is -2.04. The highest BCUT2D eigenvalue weighted by Crippen LogP contribution is 2.33. The maximum Gasteiger partial charge on any atom is 0.101 e. The Kier molecular flexibility index (Phi) is 3.60. The lowest BCUT2D eigenvalue weighted by molar-refractivity contribution is 0.443. The minimum absolute atomic E-state index is 0.733. The second-order valence-corrected chi connectivity index (χ2v) is 5.79. The van der Waals surface area contributed by atoms with Crippen LogP contribution in [0.25, 0.3) is 11.3 Å². The lowest BCUT2D eigenvalue weighted by atomic mass is 9.84. The zero-order valence-corrected chi connectivity index (χ0v) is 11.9. The largest absolute Gasteiger partial charge is 0.358 e. The van der Waals surface area contributed by atoms with Gasteiger partial charge in [0.15, 0.2) is 0 Å². The number of aromatic amines is 1. The van der Waals surface area contributed by atoms with Crippen LogP contribution in [0.1, 0.15) is 54.8 Å². The number of H-pyrrole nitrogens is 1. The van der Waals surface area contributed by atoms with E-state index < -0.39 is 0 Å². The molecule has 0 spiro atoms. The average Bonchev–Trinajstić information content (AvgIpc) is 2.89. The van der Waals surface area contributed by atoms with Gasteiger partial charge >= 0.3 is 0 Å². The molecule has 102 valence electrons. The fraction of sp³-hybridized carbons (Fsp3) is 0.389. The molecule has 2 nitrogen and oxygen atoms in total. The summed E-state index contributed by atoms with van der Waals surface area (Å²) >= 11 is 0. The van der Waals surface area contributed by atoms with Gasteiger partial charge in [-0.3, -0.25) is 0 Å². The summed E-state index contributed by atoms with van der Waals surface area (Å²) in [7, 11) is 0. The SMILES string of the molecule is Cc1[nH]c(-c2ccc(C3CCCCC3)cc2)cc1C#N. The highest BCUT2D eigenvalue weighted by atomic mass is 14.7. The van der Waals surface area contributed by atoms with Crippen LogP contribution in [0.3, 0.4) is 0 Å². The molecule has 1 aromatic heterocycles. The number of nitrogens with zero attached hydrogens (tertiary/aromatic N) is 1. The van der Waals surface area contributed by atoms with Crippen LogP contribution in [0, 0.1) is 18.3 Å². The van der Waals surface area contributed by atoms with Crippen LogP contribution < -0.4 is 0 Å². The summed E-state index contributed by atoms with van der Waals surface area (Å²) in [5.41, 5.74) is 5.34. The third-order valence-corrected chi connectivity index (χ3v) is 4.43.